The van der Waals surface area contributed by atoms with Gasteiger partial charge < -0.3 is 20.0 Å². The SMILES string of the molecule is CC1CCC(C)N1C(=O)c1ccc(CNc2ccc(C(=O)N3CCN(c4ccncc4)CC3)cn2)nc1. The van der Waals surface area contributed by atoms with Crippen molar-refractivity contribution in [3.63, 3.8) is 0 Å². The molecular weight excluding hydrogens is 466 g/mol. The molecule has 0 radical (unpaired) electrons. The highest BCUT2D eigenvalue weighted by Crippen LogP contribution is 2.25. The van der Waals surface area contributed by atoms with Crippen molar-refractivity contribution in [2.24, 2.45) is 0 Å². The van der Waals surface area contributed by atoms with Crippen molar-refractivity contribution in [1.82, 2.24) is 24.8 Å². The Morgan fingerprint density at radius 2 is 1.49 bits per heavy atom. The Balaban J connectivity index is 1.12. The summed E-state index contributed by atoms with van der Waals surface area (Å²) < 4.78 is 0. The number of rotatable bonds is 6. The van der Waals surface area contributed by atoms with Crippen LogP contribution in [0.2, 0.25) is 0 Å². The number of nitrogens with one attached hydrogen (secondary N) is 1. The van der Waals surface area contributed by atoms with Crippen molar-refractivity contribution in [2.75, 3.05) is 36.4 Å². The molecule has 0 aromatic carbocycles. The Labute approximate surface area is 217 Å². The van der Waals surface area contributed by atoms with Crippen LogP contribution in [-0.2, 0) is 6.54 Å². The number of carbonyl (C=O) groups is 2. The summed E-state index contributed by atoms with van der Waals surface area (Å²) >= 11 is 0. The lowest BCUT2D eigenvalue weighted by molar-refractivity contribution is 0.0691. The highest BCUT2D eigenvalue weighted by atomic mass is 16.2. The summed E-state index contributed by atoms with van der Waals surface area (Å²) in [4.78, 5) is 44.9. The molecule has 3 aromatic heterocycles. The molecule has 2 unspecified atom stereocenters. The second kappa shape index (κ2) is 10.9. The number of hydrogen-bond donors (Lipinski definition) is 1. The molecule has 1 N–H and O–H groups in total. The van der Waals surface area contributed by atoms with Gasteiger partial charge in [0.25, 0.3) is 11.8 Å². The molecule has 0 saturated carbocycles. The smallest absolute Gasteiger partial charge is 0.255 e. The van der Waals surface area contributed by atoms with Gasteiger partial charge in [0.15, 0.2) is 0 Å². The number of aromatic nitrogens is 3. The van der Waals surface area contributed by atoms with Crippen molar-refractivity contribution in [3.05, 3.63) is 78.0 Å². The minimum atomic E-state index is -0.00279. The van der Waals surface area contributed by atoms with Crippen LogP contribution in [0.25, 0.3) is 0 Å². The summed E-state index contributed by atoms with van der Waals surface area (Å²) in [5.41, 5.74) is 3.14. The number of carbonyl (C=O) groups excluding carboxylic acids is 2. The van der Waals surface area contributed by atoms with Crippen molar-refractivity contribution in [3.8, 4) is 0 Å². The third kappa shape index (κ3) is 5.55. The van der Waals surface area contributed by atoms with E-state index in [9.17, 15) is 9.59 Å². The van der Waals surface area contributed by atoms with Gasteiger partial charge >= 0.3 is 0 Å². The predicted octanol–water partition coefficient (Wildman–Crippen LogP) is 3.46. The lowest BCUT2D eigenvalue weighted by Crippen LogP contribution is -2.48. The van der Waals surface area contributed by atoms with Gasteiger partial charge in [-0.15, -0.1) is 0 Å². The highest BCUT2D eigenvalue weighted by molar-refractivity contribution is 5.95. The van der Waals surface area contributed by atoms with Gasteiger partial charge in [-0.05, 0) is 63.1 Å². The molecule has 2 aliphatic heterocycles. The van der Waals surface area contributed by atoms with E-state index >= 15 is 0 Å². The first-order valence-corrected chi connectivity index (χ1v) is 12.9. The minimum Gasteiger partial charge on any atom is -0.368 e. The minimum absolute atomic E-state index is 0.00279. The van der Waals surface area contributed by atoms with Gasteiger partial charge in [0.2, 0.25) is 0 Å². The van der Waals surface area contributed by atoms with Crippen LogP contribution in [0.15, 0.2) is 61.2 Å². The molecule has 5 rings (SSSR count). The van der Waals surface area contributed by atoms with Gasteiger partial charge in [0, 0.05) is 68.7 Å². The molecule has 5 heterocycles. The fraction of sp³-hybridized carbons (Fsp3) is 0.393. The van der Waals surface area contributed by atoms with Gasteiger partial charge in [-0.3, -0.25) is 19.6 Å². The monoisotopic (exact) mass is 499 g/mol. The number of amides is 2. The topological polar surface area (TPSA) is 94.6 Å². The quantitative estimate of drug-likeness (QED) is 0.555. The summed E-state index contributed by atoms with van der Waals surface area (Å²) in [5.74, 6) is 0.711. The van der Waals surface area contributed by atoms with E-state index in [0.717, 1.165) is 37.3 Å². The van der Waals surface area contributed by atoms with E-state index in [-0.39, 0.29) is 23.9 Å². The molecule has 3 aromatic rings. The molecule has 0 bridgehead atoms. The average molecular weight is 500 g/mol. The van der Waals surface area contributed by atoms with E-state index in [1.807, 2.05) is 40.1 Å². The Morgan fingerprint density at radius 1 is 0.838 bits per heavy atom. The van der Waals surface area contributed by atoms with Crippen LogP contribution in [0.1, 0.15) is 53.1 Å². The number of hydrogen-bond acceptors (Lipinski definition) is 7. The largest absolute Gasteiger partial charge is 0.368 e. The number of piperazine rings is 1. The number of anilines is 2. The summed E-state index contributed by atoms with van der Waals surface area (Å²) in [6.45, 7) is 7.59. The normalized spacial score (nSPS) is 19.7. The number of likely N-dealkylation sites (tertiary alicyclic amines) is 1. The summed E-state index contributed by atoms with van der Waals surface area (Å²) in [7, 11) is 0. The zero-order valence-electron chi connectivity index (χ0n) is 21.4. The molecule has 2 saturated heterocycles. The fourth-order valence-corrected chi connectivity index (χ4v) is 5.11. The molecule has 37 heavy (non-hydrogen) atoms. The molecule has 0 spiro atoms. The van der Waals surface area contributed by atoms with E-state index in [0.29, 0.717) is 36.6 Å². The average Bonchev–Trinajstić information content (AvgIpc) is 3.29. The summed E-state index contributed by atoms with van der Waals surface area (Å²) in [6, 6.07) is 11.8. The first-order chi connectivity index (χ1) is 18.0. The van der Waals surface area contributed by atoms with Gasteiger partial charge in [0.05, 0.1) is 23.4 Å². The molecule has 2 amide bonds. The van der Waals surface area contributed by atoms with Gasteiger partial charge in [0.1, 0.15) is 5.82 Å². The number of pyridine rings is 3. The Morgan fingerprint density at radius 3 is 2.11 bits per heavy atom. The van der Waals surface area contributed by atoms with Crippen molar-refractivity contribution in [1.29, 1.82) is 0 Å². The second-order valence-electron chi connectivity index (χ2n) is 9.80. The van der Waals surface area contributed by atoms with Crippen LogP contribution in [0.4, 0.5) is 11.5 Å². The van der Waals surface area contributed by atoms with Crippen LogP contribution in [0.5, 0.6) is 0 Å². The third-order valence-corrected chi connectivity index (χ3v) is 7.31. The predicted molar refractivity (Wildman–Crippen MR) is 142 cm³/mol. The highest BCUT2D eigenvalue weighted by Gasteiger charge is 2.32. The molecule has 2 atom stereocenters. The maximum Gasteiger partial charge on any atom is 0.255 e. The van der Waals surface area contributed by atoms with Crippen LogP contribution in [0.3, 0.4) is 0 Å². The zero-order valence-corrected chi connectivity index (χ0v) is 21.4. The maximum atomic E-state index is 13.0. The third-order valence-electron chi connectivity index (χ3n) is 7.31. The molecule has 9 nitrogen and oxygen atoms in total. The molecular formula is C28H33N7O2. The van der Waals surface area contributed by atoms with E-state index in [1.54, 1.807) is 30.9 Å². The Bertz CT molecular complexity index is 1200. The van der Waals surface area contributed by atoms with E-state index in [1.165, 1.54) is 0 Å². The first-order valence-electron chi connectivity index (χ1n) is 12.9. The standard InChI is InChI=1S/C28H33N7O2/c1-20-3-4-21(2)35(20)28(37)23-5-7-24(30-17-23)19-32-26-8-6-22(18-31-26)27(36)34-15-13-33(14-16-34)25-9-11-29-12-10-25/h5-12,17-18,20-21H,3-4,13-16,19H2,1-2H3,(H,31,32). The van der Waals surface area contributed by atoms with Crippen LogP contribution < -0.4 is 10.2 Å². The van der Waals surface area contributed by atoms with E-state index in [2.05, 4.69) is 39.0 Å². The van der Waals surface area contributed by atoms with Crippen LogP contribution in [0, 0.1) is 0 Å². The summed E-state index contributed by atoms with van der Waals surface area (Å²) in [5, 5.41) is 3.24. The van der Waals surface area contributed by atoms with Gasteiger partial charge in [-0.2, -0.15) is 0 Å². The van der Waals surface area contributed by atoms with Crippen molar-refractivity contribution < 1.29 is 9.59 Å². The second-order valence-corrected chi connectivity index (χ2v) is 9.80. The van der Waals surface area contributed by atoms with Gasteiger partial charge in [-0.1, -0.05) is 0 Å². The van der Waals surface area contributed by atoms with Crippen LogP contribution >= 0.6 is 0 Å². The molecule has 2 fully saturated rings. The van der Waals surface area contributed by atoms with Gasteiger partial charge in [-0.25, -0.2) is 4.98 Å². The molecule has 2 aliphatic rings. The summed E-state index contributed by atoms with van der Waals surface area (Å²) in [6.07, 6.45) is 8.94. The maximum absolute atomic E-state index is 13.0. The lowest BCUT2D eigenvalue weighted by Gasteiger charge is -2.36. The molecule has 9 heteroatoms. The van der Waals surface area contributed by atoms with Crippen molar-refractivity contribution >= 4 is 23.3 Å². The Kier molecular flexibility index (Phi) is 7.30. The Hall–Kier alpha value is -4.01. The van der Waals surface area contributed by atoms with Crippen molar-refractivity contribution in [2.45, 2.75) is 45.3 Å². The van der Waals surface area contributed by atoms with Crippen LogP contribution in [-0.4, -0.2) is 74.8 Å². The molecule has 192 valence electrons. The first kappa shape index (κ1) is 24.7. The van der Waals surface area contributed by atoms with E-state index in [4.69, 9.17) is 0 Å². The van der Waals surface area contributed by atoms with E-state index < -0.39 is 0 Å². The molecule has 0 aliphatic carbocycles. The number of nitrogens with zero attached hydrogens (tertiary/aromatic N) is 6. The zero-order chi connectivity index (χ0) is 25.8. The fourth-order valence-electron chi connectivity index (χ4n) is 5.11. The lowest BCUT2D eigenvalue weighted by atomic mass is 10.2.